The Labute approximate surface area is 97.1 Å². The largest absolute Gasteiger partial charge is 0.306 e. The van der Waals surface area contributed by atoms with Crippen LogP contribution >= 0.6 is 11.6 Å². The summed E-state index contributed by atoms with van der Waals surface area (Å²) in [6.45, 7) is 3.07. The molecule has 1 unspecified atom stereocenters. The Balaban J connectivity index is 2.46. The molecular formula is C13H18ClN. The molecule has 0 amide bonds. The zero-order valence-electron chi connectivity index (χ0n) is 9.12. The summed E-state index contributed by atoms with van der Waals surface area (Å²) in [5.74, 6) is 0.587. The number of nitrogens with one attached hydrogen (secondary N) is 1. The molecule has 0 radical (unpaired) electrons. The van der Waals surface area contributed by atoms with Crippen molar-refractivity contribution in [3.63, 3.8) is 0 Å². The van der Waals surface area contributed by atoms with Crippen LogP contribution in [0, 0.1) is 0 Å². The van der Waals surface area contributed by atoms with Crippen LogP contribution in [0.5, 0.6) is 0 Å². The fourth-order valence-corrected chi connectivity index (χ4v) is 1.67. The third kappa shape index (κ3) is 4.50. The molecule has 1 rings (SSSR count). The first-order valence-corrected chi connectivity index (χ1v) is 5.91. The highest BCUT2D eigenvalue weighted by molar-refractivity contribution is 6.18. The predicted octanol–water partition coefficient (Wildman–Crippen LogP) is 3.52. The van der Waals surface area contributed by atoms with Gasteiger partial charge in [-0.05, 0) is 12.0 Å². The summed E-state index contributed by atoms with van der Waals surface area (Å²) in [5.41, 5.74) is 1.35. The molecule has 1 aromatic rings. The molecule has 82 valence electrons. The highest BCUT2D eigenvalue weighted by Gasteiger charge is 2.05. The number of rotatable bonds is 6. The smallest absolute Gasteiger partial charge is 0.0404 e. The summed E-state index contributed by atoms with van der Waals surface area (Å²) in [7, 11) is 0. The molecule has 0 fully saturated rings. The molecule has 0 bridgehead atoms. The highest BCUT2D eigenvalue weighted by Crippen LogP contribution is 2.15. The molecule has 0 saturated carbocycles. The third-order valence-corrected chi connectivity index (χ3v) is 2.53. The predicted molar refractivity (Wildman–Crippen MR) is 67.3 cm³/mol. The first-order chi connectivity index (χ1) is 7.38. The van der Waals surface area contributed by atoms with Crippen LogP contribution in [0.4, 0.5) is 0 Å². The minimum atomic E-state index is 0.436. The van der Waals surface area contributed by atoms with Gasteiger partial charge in [-0.15, -0.1) is 11.6 Å². The van der Waals surface area contributed by atoms with Gasteiger partial charge >= 0.3 is 0 Å². The van der Waals surface area contributed by atoms with Gasteiger partial charge in [0.05, 0.1) is 0 Å². The number of alkyl halides is 1. The van der Waals surface area contributed by atoms with Crippen molar-refractivity contribution >= 4 is 11.6 Å². The van der Waals surface area contributed by atoms with Crippen LogP contribution in [0.25, 0.3) is 0 Å². The van der Waals surface area contributed by atoms with Crippen LogP contribution in [0.15, 0.2) is 42.5 Å². The van der Waals surface area contributed by atoms with E-state index in [4.69, 9.17) is 11.6 Å². The SMILES string of the molecule is CCC(NC/C=C/CCl)c1ccccc1. The van der Waals surface area contributed by atoms with Crippen molar-refractivity contribution in [2.75, 3.05) is 12.4 Å². The summed E-state index contributed by atoms with van der Waals surface area (Å²) in [4.78, 5) is 0. The van der Waals surface area contributed by atoms with Gasteiger partial charge in [-0.25, -0.2) is 0 Å². The van der Waals surface area contributed by atoms with Gasteiger partial charge in [0.15, 0.2) is 0 Å². The van der Waals surface area contributed by atoms with E-state index in [1.807, 2.05) is 12.1 Å². The number of hydrogen-bond donors (Lipinski definition) is 1. The molecule has 15 heavy (non-hydrogen) atoms. The molecule has 1 atom stereocenters. The lowest BCUT2D eigenvalue weighted by Gasteiger charge is -2.15. The zero-order valence-corrected chi connectivity index (χ0v) is 9.87. The Kier molecular flexibility index (Phi) is 6.14. The van der Waals surface area contributed by atoms with Gasteiger partial charge in [0.2, 0.25) is 0 Å². The van der Waals surface area contributed by atoms with Crippen molar-refractivity contribution in [2.45, 2.75) is 19.4 Å². The Bertz CT molecular complexity index is 282. The average molecular weight is 224 g/mol. The van der Waals surface area contributed by atoms with Crippen LogP contribution in [-0.2, 0) is 0 Å². The van der Waals surface area contributed by atoms with Crippen LogP contribution in [-0.4, -0.2) is 12.4 Å². The average Bonchev–Trinajstić information content (AvgIpc) is 2.30. The maximum absolute atomic E-state index is 5.55. The molecule has 1 aromatic carbocycles. The van der Waals surface area contributed by atoms with Gasteiger partial charge in [-0.1, -0.05) is 49.4 Å². The van der Waals surface area contributed by atoms with Crippen molar-refractivity contribution in [1.82, 2.24) is 5.32 Å². The second-order valence-corrected chi connectivity index (χ2v) is 3.71. The van der Waals surface area contributed by atoms with Crippen LogP contribution in [0.1, 0.15) is 24.9 Å². The van der Waals surface area contributed by atoms with E-state index in [-0.39, 0.29) is 0 Å². The van der Waals surface area contributed by atoms with Gasteiger partial charge in [0, 0.05) is 18.5 Å². The Morgan fingerprint density at radius 3 is 2.60 bits per heavy atom. The first kappa shape index (κ1) is 12.3. The van der Waals surface area contributed by atoms with Crippen molar-refractivity contribution in [3.8, 4) is 0 Å². The summed E-state index contributed by atoms with van der Waals surface area (Å²) in [5, 5.41) is 3.48. The van der Waals surface area contributed by atoms with E-state index in [2.05, 4.69) is 42.6 Å². The van der Waals surface area contributed by atoms with Gasteiger partial charge in [0.25, 0.3) is 0 Å². The monoisotopic (exact) mass is 223 g/mol. The zero-order chi connectivity index (χ0) is 10.9. The summed E-state index contributed by atoms with van der Waals surface area (Å²) in [6.07, 6.45) is 5.13. The number of benzene rings is 1. The van der Waals surface area contributed by atoms with Gasteiger partial charge < -0.3 is 5.32 Å². The van der Waals surface area contributed by atoms with E-state index in [0.717, 1.165) is 13.0 Å². The van der Waals surface area contributed by atoms with E-state index < -0.39 is 0 Å². The first-order valence-electron chi connectivity index (χ1n) is 5.37. The van der Waals surface area contributed by atoms with Crippen molar-refractivity contribution < 1.29 is 0 Å². The molecule has 0 heterocycles. The second kappa shape index (κ2) is 7.49. The maximum Gasteiger partial charge on any atom is 0.0404 e. The summed E-state index contributed by atoms with van der Waals surface area (Å²) in [6, 6.07) is 11.0. The van der Waals surface area contributed by atoms with E-state index >= 15 is 0 Å². The van der Waals surface area contributed by atoms with Crippen LogP contribution in [0.3, 0.4) is 0 Å². The van der Waals surface area contributed by atoms with E-state index in [1.54, 1.807) is 0 Å². The van der Waals surface area contributed by atoms with Crippen LogP contribution in [0.2, 0.25) is 0 Å². The molecule has 0 aliphatic carbocycles. The minimum absolute atomic E-state index is 0.436. The van der Waals surface area contributed by atoms with Gasteiger partial charge in [-0.3, -0.25) is 0 Å². The highest BCUT2D eigenvalue weighted by atomic mass is 35.5. The fraction of sp³-hybridized carbons (Fsp3) is 0.385. The third-order valence-electron chi connectivity index (χ3n) is 2.35. The van der Waals surface area contributed by atoms with Crippen molar-refractivity contribution in [3.05, 3.63) is 48.0 Å². The normalized spacial score (nSPS) is 13.2. The molecule has 2 heteroatoms. The van der Waals surface area contributed by atoms with E-state index in [0.29, 0.717) is 11.9 Å². The fourth-order valence-electron chi connectivity index (χ4n) is 1.54. The minimum Gasteiger partial charge on any atom is -0.306 e. The topological polar surface area (TPSA) is 12.0 Å². The van der Waals surface area contributed by atoms with Crippen molar-refractivity contribution in [1.29, 1.82) is 0 Å². The van der Waals surface area contributed by atoms with E-state index in [9.17, 15) is 0 Å². The lowest BCUT2D eigenvalue weighted by Crippen LogP contribution is -2.20. The lowest BCUT2D eigenvalue weighted by molar-refractivity contribution is 0.551. The van der Waals surface area contributed by atoms with Crippen molar-refractivity contribution in [2.24, 2.45) is 0 Å². The Morgan fingerprint density at radius 2 is 2.00 bits per heavy atom. The molecule has 0 spiro atoms. The molecule has 0 aliphatic heterocycles. The van der Waals surface area contributed by atoms with Gasteiger partial charge in [-0.2, -0.15) is 0 Å². The molecule has 0 aliphatic rings. The molecular weight excluding hydrogens is 206 g/mol. The summed E-state index contributed by atoms with van der Waals surface area (Å²) >= 11 is 5.55. The number of allylic oxidation sites excluding steroid dienone is 1. The molecule has 0 saturated heterocycles. The number of hydrogen-bond acceptors (Lipinski definition) is 1. The molecule has 1 nitrogen and oxygen atoms in total. The standard InChI is InChI=1S/C13H18ClN/c1-2-13(15-11-7-6-10-14)12-8-4-3-5-9-12/h3-9,13,15H,2,10-11H2,1H3/b7-6+. The molecule has 0 aromatic heterocycles. The molecule has 1 N–H and O–H groups in total. The maximum atomic E-state index is 5.55. The van der Waals surface area contributed by atoms with Crippen LogP contribution < -0.4 is 5.32 Å². The number of halogens is 1. The van der Waals surface area contributed by atoms with Gasteiger partial charge in [0.1, 0.15) is 0 Å². The Morgan fingerprint density at radius 1 is 1.27 bits per heavy atom. The lowest BCUT2D eigenvalue weighted by atomic mass is 10.0. The summed E-state index contributed by atoms with van der Waals surface area (Å²) < 4.78 is 0. The second-order valence-electron chi connectivity index (χ2n) is 3.41. The van der Waals surface area contributed by atoms with E-state index in [1.165, 1.54) is 5.56 Å². The Hall–Kier alpha value is -0.790. The quantitative estimate of drug-likeness (QED) is 0.575.